The van der Waals surface area contributed by atoms with Crippen molar-refractivity contribution in [3.05, 3.63) is 70.2 Å². The maximum absolute atomic E-state index is 13.2. The van der Waals surface area contributed by atoms with E-state index < -0.39 is 6.17 Å². The molecule has 3 aromatic rings. The molecule has 0 N–H and O–H groups in total. The van der Waals surface area contributed by atoms with Gasteiger partial charge in [0.2, 0.25) is 0 Å². The molecule has 1 aromatic heterocycles. The van der Waals surface area contributed by atoms with Gasteiger partial charge in [-0.05, 0) is 35.8 Å². The summed E-state index contributed by atoms with van der Waals surface area (Å²) in [7, 11) is 1.94. The van der Waals surface area contributed by atoms with Gasteiger partial charge in [-0.3, -0.25) is 9.69 Å². The van der Waals surface area contributed by atoms with Crippen LogP contribution in [0.5, 0.6) is 0 Å². The van der Waals surface area contributed by atoms with Crippen molar-refractivity contribution in [1.29, 1.82) is 0 Å². The molecule has 1 aliphatic heterocycles. The van der Waals surface area contributed by atoms with E-state index in [1.807, 2.05) is 59.8 Å². The number of hydrogen-bond donors (Lipinski definition) is 0. The minimum absolute atomic E-state index is 0.102. The van der Waals surface area contributed by atoms with E-state index in [9.17, 15) is 4.79 Å². The average Bonchev–Trinajstić information content (AvgIpc) is 3.13. The van der Waals surface area contributed by atoms with Gasteiger partial charge in [0.1, 0.15) is 5.69 Å². The van der Waals surface area contributed by atoms with E-state index in [-0.39, 0.29) is 5.91 Å². The maximum atomic E-state index is 13.2. The zero-order valence-electron chi connectivity index (χ0n) is 12.8. The van der Waals surface area contributed by atoms with E-state index in [2.05, 4.69) is 9.59 Å². The van der Waals surface area contributed by atoms with Crippen LogP contribution in [-0.4, -0.2) is 22.5 Å². The van der Waals surface area contributed by atoms with E-state index in [4.69, 9.17) is 11.6 Å². The van der Waals surface area contributed by atoms with Crippen LogP contribution in [0.25, 0.3) is 0 Å². The number of nitrogens with zero attached hydrogens (tertiary/aromatic N) is 4. The number of aromatic nitrogens is 2. The molecule has 0 bridgehead atoms. The van der Waals surface area contributed by atoms with Crippen molar-refractivity contribution in [1.82, 2.24) is 9.59 Å². The minimum atomic E-state index is -0.397. The number of hydrogen-bond acceptors (Lipinski definition) is 5. The van der Waals surface area contributed by atoms with Gasteiger partial charge in [-0.15, -0.1) is 5.10 Å². The average molecular weight is 357 g/mol. The third-order valence-electron chi connectivity index (χ3n) is 4.10. The number of carbonyl (C=O) groups is 1. The number of para-hydroxylation sites is 2. The first kappa shape index (κ1) is 15.1. The molecule has 2 aromatic carbocycles. The van der Waals surface area contributed by atoms with Crippen molar-refractivity contribution in [2.45, 2.75) is 6.17 Å². The first-order valence-corrected chi connectivity index (χ1v) is 8.57. The third-order valence-corrected chi connectivity index (χ3v) is 4.94. The Morgan fingerprint density at radius 3 is 2.50 bits per heavy atom. The van der Waals surface area contributed by atoms with Crippen molar-refractivity contribution in [3.63, 3.8) is 0 Å². The predicted molar refractivity (Wildman–Crippen MR) is 95.8 cm³/mol. The van der Waals surface area contributed by atoms with Crippen LogP contribution in [0.3, 0.4) is 0 Å². The molecule has 120 valence electrons. The number of anilines is 2. The monoisotopic (exact) mass is 356 g/mol. The highest BCUT2D eigenvalue weighted by Crippen LogP contribution is 2.41. The Bertz CT molecular complexity index is 899. The molecule has 0 fully saturated rings. The lowest BCUT2D eigenvalue weighted by Gasteiger charge is -2.43. The van der Waals surface area contributed by atoms with E-state index in [1.165, 1.54) is 11.5 Å². The number of rotatable bonds is 2. The van der Waals surface area contributed by atoms with Gasteiger partial charge in [0, 0.05) is 12.4 Å². The number of amides is 1. The van der Waals surface area contributed by atoms with Crippen LogP contribution in [0.2, 0.25) is 5.02 Å². The van der Waals surface area contributed by atoms with Crippen LogP contribution >= 0.6 is 23.1 Å². The summed E-state index contributed by atoms with van der Waals surface area (Å²) in [6, 6.07) is 14.9. The van der Waals surface area contributed by atoms with Gasteiger partial charge in [0.25, 0.3) is 5.91 Å². The highest BCUT2D eigenvalue weighted by Gasteiger charge is 2.39. The van der Waals surface area contributed by atoms with Crippen molar-refractivity contribution in [2.24, 2.45) is 0 Å². The SMILES string of the molecule is CN1c2ccccc2C(=O)N(c2ccccc2Cl)[C@@H]1c1csnn1. The quantitative estimate of drug-likeness (QED) is 0.696. The standard InChI is InChI=1S/C17H13ClN4OS/c1-21-14-8-4-2-6-11(14)17(23)22(15-9-5-3-7-12(15)18)16(21)13-10-24-20-19-13/h2-10,16H,1H3/t16-/m1/s1. The molecule has 7 heteroatoms. The minimum Gasteiger partial charge on any atom is -0.348 e. The molecule has 4 rings (SSSR count). The van der Waals surface area contributed by atoms with Gasteiger partial charge >= 0.3 is 0 Å². The summed E-state index contributed by atoms with van der Waals surface area (Å²) >= 11 is 7.64. The second kappa shape index (κ2) is 5.89. The van der Waals surface area contributed by atoms with Crippen LogP contribution in [0, 0.1) is 0 Å². The fourth-order valence-corrected chi connectivity index (χ4v) is 3.70. The Hall–Kier alpha value is -2.44. The molecule has 24 heavy (non-hydrogen) atoms. The highest BCUT2D eigenvalue weighted by molar-refractivity contribution is 7.03. The Labute approximate surface area is 148 Å². The topological polar surface area (TPSA) is 49.3 Å². The van der Waals surface area contributed by atoms with E-state index >= 15 is 0 Å². The number of fused-ring (bicyclic) bond motifs is 1. The second-order valence-electron chi connectivity index (χ2n) is 5.46. The second-order valence-corrected chi connectivity index (χ2v) is 6.48. The lowest BCUT2D eigenvalue weighted by molar-refractivity contribution is 0.0969. The first-order valence-electron chi connectivity index (χ1n) is 7.35. The van der Waals surface area contributed by atoms with Gasteiger partial charge in [-0.25, -0.2) is 0 Å². The fraction of sp³-hybridized carbons (Fsp3) is 0.118. The summed E-state index contributed by atoms with van der Waals surface area (Å²) < 4.78 is 3.96. The maximum Gasteiger partial charge on any atom is 0.262 e. The van der Waals surface area contributed by atoms with Gasteiger partial charge in [0.05, 0.1) is 22.0 Å². The Morgan fingerprint density at radius 1 is 1.08 bits per heavy atom. The summed E-state index contributed by atoms with van der Waals surface area (Å²) in [6.45, 7) is 0. The molecule has 0 spiro atoms. The summed E-state index contributed by atoms with van der Waals surface area (Å²) in [5.74, 6) is -0.102. The Balaban J connectivity index is 1.95. The molecule has 5 nitrogen and oxygen atoms in total. The van der Waals surface area contributed by atoms with Crippen LogP contribution in [-0.2, 0) is 0 Å². The van der Waals surface area contributed by atoms with Crippen LogP contribution < -0.4 is 9.80 Å². The lowest BCUT2D eigenvalue weighted by Crippen LogP contribution is -2.48. The summed E-state index contributed by atoms with van der Waals surface area (Å²) in [6.07, 6.45) is -0.397. The molecule has 0 aliphatic carbocycles. The molecule has 0 unspecified atom stereocenters. The molecular formula is C17H13ClN4OS. The Morgan fingerprint density at radius 2 is 1.79 bits per heavy atom. The molecular weight excluding hydrogens is 344 g/mol. The van der Waals surface area contributed by atoms with E-state index in [0.29, 0.717) is 22.0 Å². The van der Waals surface area contributed by atoms with Crippen LogP contribution in [0.15, 0.2) is 53.9 Å². The normalized spacial score (nSPS) is 17.1. The lowest BCUT2D eigenvalue weighted by atomic mass is 10.0. The van der Waals surface area contributed by atoms with Gasteiger partial charge in [-0.2, -0.15) is 0 Å². The van der Waals surface area contributed by atoms with Crippen molar-refractivity contribution in [3.8, 4) is 0 Å². The largest absolute Gasteiger partial charge is 0.348 e. The smallest absolute Gasteiger partial charge is 0.262 e. The molecule has 1 amide bonds. The van der Waals surface area contributed by atoms with Crippen LogP contribution in [0.1, 0.15) is 22.2 Å². The van der Waals surface area contributed by atoms with Crippen molar-refractivity contribution < 1.29 is 4.79 Å². The summed E-state index contributed by atoms with van der Waals surface area (Å²) in [5, 5.41) is 6.57. The summed E-state index contributed by atoms with van der Waals surface area (Å²) in [4.78, 5) is 16.9. The summed E-state index contributed by atoms with van der Waals surface area (Å²) in [5.41, 5.74) is 2.87. The molecule has 0 saturated carbocycles. The van der Waals surface area contributed by atoms with E-state index in [0.717, 1.165) is 5.69 Å². The number of halogens is 1. The number of carbonyl (C=O) groups excluding carboxylic acids is 1. The van der Waals surface area contributed by atoms with E-state index in [1.54, 1.807) is 11.0 Å². The van der Waals surface area contributed by atoms with Crippen LogP contribution in [0.4, 0.5) is 11.4 Å². The molecule has 0 radical (unpaired) electrons. The zero-order chi connectivity index (χ0) is 16.7. The Kier molecular flexibility index (Phi) is 3.70. The molecule has 0 saturated heterocycles. The third kappa shape index (κ3) is 2.26. The zero-order valence-corrected chi connectivity index (χ0v) is 14.3. The molecule has 1 atom stereocenters. The van der Waals surface area contributed by atoms with Gasteiger partial charge in [-0.1, -0.05) is 40.4 Å². The van der Waals surface area contributed by atoms with Crippen molar-refractivity contribution in [2.75, 3.05) is 16.8 Å². The van der Waals surface area contributed by atoms with Crippen molar-refractivity contribution >= 4 is 40.4 Å². The first-order chi connectivity index (χ1) is 11.7. The van der Waals surface area contributed by atoms with Gasteiger partial charge in [0.15, 0.2) is 6.17 Å². The highest BCUT2D eigenvalue weighted by atomic mass is 35.5. The predicted octanol–water partition coefficient (Wildman–Crippen LogP) is 3.99. The molecule has 1 aliphatic rings. The van der Waals surface area contributed by atoms with Gasteiger partial charge < -0.3 is 4.90 Å². The molecule has 2 heterocycles. The number of benzene rings is 2. The fourth-order valence-electron chi connectivity index (χ4n) is 3.01.